The first-order valence-electron chi connectivity index (χ1n) is 12.1. The van der Waals surface area contributed by atoms with Gasteiger partial charge in [-0.25, -0.2) is 41.8 Å². The van der Waals surface area contributed by atoms with Crippen LogP contribution in [0, 0.1) is 34.1 Å². The molecule has 186 valence electrons. The van der Waals surface area contributed by atoms with Crippen LogP contribution < -0.4 is 0 Å². The normalized spacial score (nSPS) is 11.5. The number of hydrogen-bond donors (Lipinski definition) is 0. The van der Waals surface area contributed by atoms with E-state index in [1.807, 2.05) is 60.7 Å². The maximum atomic E-state index is 3.72. The number of rotatable bonds is 2. The Morgan fingerprint density at radius 1 is 0.743 bits per heavy atom. The molecule has 0 nitrogen and oxygen atoms in total. The van der Waals surface area contributed by atoms with Gasteiger partial charge < -0.3 is 11.5 Å². The van der Waals surface area contributed by atoms with E-state index in [-0.39, 0.29) is 37.0 Å². The second kappa shape index (κ2) is 16.4. The van der Waals surface area contributed by atoms with Gasteiger partial charge in [0, 0.05) is 8.07 Å². The van der Waals surface area contributed by atoms with Gasteiger partial charge in [-0.2, -0.15) is 53.2 Å². The van der Waals surface area contributed by atoms with Crippen LogP contribution in [0.1, 0.15) is 41.5 Å². The molecule has 0 aliphatic heterocycles. The van der Waals surface area contributed by atoms with Crippen molar-refractivity contribution in [2.45, 2.75) is 80.8 Å². The zero-order chi connectivity index (χ0) is 26.5. The van der Waals surface area contributed by atoms with Crippen LogP contribution in [0.2, 0.25) is 39.3 Å². The molecule has 0 aliphatic carbocycles. The topological polar surface area (TPSA) is 0 Å². The van der Waals surface area contributed by atoms with Gasteiger partial charge in [0.25, 0.3) is 0 Å². The molecule has 0 fully saturated rings. The average molecular weight is 578 g/mol. The summed E-state index contributed by atoms with van der Waals surface area (Å²) in [5.41, 5.74) is 15.8. The van der Waals surface area contributed by atoms with Gasteiger partial charge in [0.15, 0.2) is 0 Å². The molecular weight excluding hydrogens is 532 g/mol. The molecule has 35 heavy (non-hydrogen) atoms. The first-order valence-corrected chi connectivity index (χ1v) is 19.1. The van der Waals surface area contributed by atoms with Crippen molar-refractivity contribution in [2.75, 3.05) is 0 Å². The molecule has 0 aromatic heterocycles. The molecular formula is C32H46Si2Zr. The third-order valence-electron chi connectivity index (χ3n) is 3.80. The summed E-state index contributed by atoms with van der Waals surface area (Å²) in [6, 6.07) is 20.0. The largest absolute Gasteiger partial charge is 4.00 e. The Kier molecular flexibility index (Phi) is 16.7. The molecule has 0 bridgehead atoms. The van der Waals surface area contributed by atoms with Crippen LogP contribution in [0.3, 0.4) is 0 Å². The molecule has 3 heteroatoms. The predicted octanol–water partition coefficient (Wildman–Crippen LogP) is 9.41. The quantitative estimate of drug-likeness (QED) is 0.110. The van der Waals surface area contributed by atoms with E-state index < -0.39 is 16.1 Å². The van der Waals surface area contributed by atoms with E-state index in [4.69, 9.17) is 0 Å². The van der Waals surface area contributed by atoms with Crippen molar-refractivity contribution in [3.63, 3.8) is 0 Å². The molecule has 0 aliphatic rings. The van der Waals surface area contributed by atoms with Crippen molar-refractivity contribution in [1.82, 2.24) is 0 Å². The molecule has 0 spiro atoms. The van der Waals surface area contributed by atoms with Gasteiger partial charge in [-0.15, -0.1) is 0 Å². The van der Waals surface area contributed by atoms with Gasteiger partial charge in [-0.1, -0.05) is 91.7 Å². The van der Waals surface area contributed by atoms with Crippen molar-refractivity contribution in [1.29, 1.82) is 0 Å². The minimum absolute atomic E-state index is 0. The van der Waals surface area contributed by atoms with E-state index in [0.717, 1.165) is 11.1 Å². The van der Waals surface area contributed by atoms with Crippen LogP contribution in [0.5, 0.6) is 0 Å². The summed E-state index contributed by atoms with van der Waals surface area (Å²) in [6.45, 7) is 26.7. The fraction of sp³-hybridized carbons (Fsp3) is 0.438. The van der Waals surface area contributed by atoms with Crippen molar-refractivity contribution >= 4 is 16.1 Å². The Morgan fingerprint density at radius 2 is 1.17 bits per heavy atom. The Hall–Kier alpha value is -1.38. The molecule has 0 unspecified atom stereocenters. The molecule has 0 saturated carbocycles. The van der Waals surface area contributed by atoms with Crippen molar-refractivity contribution < 1.29 is 26.2 Å². The van der Waals surface area contributed by atoms with Crippen LogP contribution in [0.15, 0.2) is 83.3 Å². The van der Waals surface area contributed by atoms with Crippen LogP contribution >= 0.6 is 0 Å². The molecule has 0 radical (unpaired) electrons. The van der Waals surface area contributed by atoms with Crippen LogP contribution in [0.25, 0.3) is 0 Å². The predicted molar refractivity (Wildman–Crippen MR) is 158 cm³/mol. The Labute approximate surface area is 239 Å². The fourth-order valence-electron chi connectivity index (χ4n) is 2.33. The maximum Gasteiger partial charge on any atom is 4.00 e. The van der Waals surface area contributed by atoms with E-state index >= 15 is 0 Å². The summed E-state index contributed by atoms with van der Waals surface area (Å²) in [5, 5.41) is 0. The van der Waals surface area contributed by atoms with Crippen molar-refractivity contribution in [3.8, 4) is 11.5 Å². The zero-order valence-electron chi connectivity index (χ0n) is 24.3. The summed E-state index contributed by atoms with van der Waals surface area (Å²) in [6.07, 6.45) is 3.26. The van der Waals surface area contributed by atoms with E-state index in [2.05, 4.69) is 116 Å². The zero-order valence-corrected chi connectivity index (χ0v) is 28.7. The second-order valence-corrected chi connectivity index (χ2v) is 21.9. The van der Waals surface area contributed by atoms with Gasteiger partial charge in [0.1, 0.15) is 8.07 Å². The molecule has 0 heterocycles. The third-order valence-corrected chi connectivity index (χ3v) is 5.67. The van der Waals surface area contributed by atoms with Crippen LogP contribution in [0.4, 0.5) is 0 Å². The SMILES string of the molecule is CC(C)(C)[C-]=C=C=C(C(C#C[Si](C)(C)C)=[C-][Si](C)(C)C)C(C)(C)C.[Zr+4].c1cc[cH-]c1.c1cc[cH-]c1. The summed E-state index contributed by atoms with van der Waals surface area (Å²) in [5.74, 6) is 3.46. The average Bonchev–Trinajstić information content (AvgIpc) is 3.37. The van der Waals surface area contributed by atoms with E-state index in [9.17, 15) is 0 Å². The van der Waals surface area contributed by atoms with Crippen molar-refractivity contribution in [2.24, 2.45) is 10.8 Å². The Morgan fingerprint density at radius 3 is 1.43 bits per heavy atom. The number of allylic oxidation sites excluding steroid dienone is 3. The van der Waals surface area contributed by atoms with Crippen LogP contribution in [-0.4, -0.2) is 16.1 Å². The smallest absolute Gasteiger partial charge is 0.366 e. The molecule has 0 N–H and O–H groups in total. The first kappa shape index (κ1) is 35.8. The fourth-order valence-corrected chi connectivity index (χ4v) is 3.77. The van der Waals surface area contributed by atoms with E-state index in [1.54, 1.807) is 0 Å². The van der Waals surface area contributed by atoms with Gasteiger partial charge in [-0.3, -0.25) is 0 Å². The van der Waals surface area contributed by atoms with Crippen LogP contribution in [-0.2, 0) is 26.2 Å². The minimum atomic E-state index is -1.52. The van der Waals surface area contributed by atoms with Gasteiger partial charge >= 0.3 is 26.2 Å². The van der Waals surface area contributed by atoms with Gasteiger partial charge in [0.2, 0.25) is 0 Å². The van der Waals surface area contributed by atoms with E-state index in [1.165, 1.54) is 0 Å². The minimum Gasteiger partial charge on any atom is -0.366 e. The molecule has 2 aromatic rings. The van der Waals surface area contributed by atoms with Crippen molar-refractivity contribution in [3.05, 3.63) is 95.0 Å². The molecule has 0 atom stereocenters. The van der Waals surface area contributed by atoms with E-state index in [0.29, 0.717) is 0 Å². The third kappa shape index (κ3) is 22.8. The maximum absolute atomic E-state index is 3.72. The summed E-state index contributed by atoms with van der Waals surface area (Å²) < 4.78 is 0. The molecule has 0 amide bonds. The molecule has 0 saturated heterocycles. The Balaban J connectivity index is 0. The first-order chi connectivity index (χ1) is 15.4. The standard InChI is InChI=1S/C22H36Si2.2C5H5.Zr/c1-21(2,3)16-13-14-20(22(4,5)6)19(18-24(10,11)12)15-17-23(7,8)9;2*1-2-4-5-3-1;/h1-12H3;2*1-5H;/q-2;2*-1;+4. The summed E-state index contributed by atoms with van der Waals surface area (Å²) in [4.78, 5) is 0. The summed E-state index contributed by atoms with van der Waals surface area (Å²) in [7, 11) is -2.96. The molecule has 2 rings (SSSR count). The number of hydrogen-bond acceptors (Lipinski definition) is 0. The molecule has 2 aromatic carbocycles. The second-order valence-electron chi connectivity index (χ2n) is 12.4. The Bertz CT molecular complexity index is 923. The van der Waals surface area contributed by atoms with Gasteiger partial charge in [0.05, 0.1) is 0 Å². The summed E-state index contributed by atoms with van der Waals surface area (Å²) >= 11 is 0. The monoisotopic (exact) mass is 576 g/mol. The van der Waals surface area contributed by atoms with Gasteiger partial charge in [-0.05, 0) is 0 Å².